The number of anilines is 1. The number of amides is 1. The molecule has 0 atom stereocenters. The van der Waals surface area contributed by atoms with E-state index in [2.05, 4.69) is 32.2 Å². The van der Waals surface area contributed by atoms with Crippen molar-refractivity contribution in [3.8, 4) is 5.69 Å². The minimum absolute atomic E-state index is 0.262. The second-order valence-corrected chi connectivity index (χ2v) is 7.37. The van der Waals surface area contributed by atoms with E-state index in [0.717, 1.165) is 17.2 Å². The van der Waals surface area contributed by atoms with Crippen molar-refractivity contribution in [2.75, 3.05) is 5.32 Å². The average Bonchev–Trinajstić information content (AvgIpc) is 3.46. The maximum atomic E-state index is 12.5. The number of nitrogens with zero attached hydrogens (tertiary/aromatic N) is 5. The lowest BCUT2D eigenvalue weighted by Gasteiger charge is -2.02. The van der Waals surface area contributed by atoms with E-state index in [0.29, 0.717) is 28.4 Å². The van der Waals surface area contributed by atoms with Crippen molar-refractivity contribution in [3.63, 3.8) is 0 Å². The van der Waals surface area contributed by atoms with Crippen LogP contribution >= 0.6 is 23.6 Å². The Balaban J connectivity index is 1.44. The van der Waals surface area contributed by atoms with Crippen molar-refractivity contribution in [2.24, 2.45) is 0 Å². The van der Waals surface area contributed by atoms with Crippen LogP contribution in [0.4, 0.5) is 5.13 Å². The van der Waals surface area contributed by atoms with Crippen LogP contribution in [-0.2, 0) is 13.0 Å². The van der Waals surface area contributed by atoms with Gasteiger partial charge in [0.15, 0.2) is 9.90 Å². The maximum Gasteiger partial charge on any atom is 0.260 e. The second-order valence-electron chi connectivity index (χ2n) is 6.13. The van der Waals surface area contributed by atoms with Gasteiger partial charge < -0.3 is 0 Å². The molecule has 4 aromatic rings. The lowest BCUT2D eigenvalue weighted by atomic mass is 10.3. The van der Waals surface area contributed by atoms with Crippen LogP contribution in [0.2, 0.25) is 0 Å². The number of thiazole rings is 1. The van der Waals surface area contributed by atoms with E-state index in [1.165, 1.54) is 17.5 Å². The summed E-state index contributed by atoms with van der Waals surface area (Å²) < 4.78 is 4.06. The molecule has 0 saturated heterocycles. The van der Waals surface area contributed by atoms with E-state index in [1.54, 1.807) is 17.0 Å². The van der Waals surface area contributed by atoms with Gasteiger partial charge in [-0.15, -0.1) is 17.9 Å². The molecule has 0 spiro atoms. The molecule has 8 nitrogen and oxygen atoms in total. The molecule has 0 aliphatic heterocycles. The molecule has 0 aliphatic carbocycles. The Morgan fingerprint density at radius 1 is 1.34 bits per heavy atom. The van der Waals surface area contributed by atoms with Crippen LogP contribution in [0.3, 0.4) is 0 Å². The predicted molar refractivity (Wildman–Crippen MR) is 114 cm³/mol. The Morgan fingerprint density at radius 3 is 2.97 bits per heavy atom. The van der Waals surface area contributed by atoms with Gasteiger partial charge in [-0.05, 0) is 24.4 Å². The van der Waals surface area contributed by atoms with Gasteiger partial charge >= 0.3 is 0 Å². The number of aromatic amines is 1. The Labute approximate surface area is 175 Å². The number of carbonyl (C=O) groups excluding carboxylic acids is 1. The van der Waals surface area contributed by atoms with Crippen LogP contribution in [0.25, 0.3) is 5.69 Å². The summed E-state index contributed by atoms with van der Waals surface area (Å²) in [6.45, 7) is 4.31. The predicted octanol–water partition coefficient (Wildman–Crippen LogP) is 3.61. The minimum Gasteiger partial charge on any atom is -0.300 e. The lowest BCUT2D eigenvalue weighted by molar-refractivity contribution is 0.102. The molecule has 29 heavy (non-hydrogen) atoms. The monoisotopic (exact) mass is 423 g/mol. The molecule has 146 valence electrons. The van der Waals surface area contributed by atoms with Gasteiger partial charge in [-0.25, -0.2) is 9.67 Å². The van der Waals surface area contributed by atoms with Crippen LogP contribution in [0, 0.1) is 4.77 Å². The SMILES string of the molecule is C=CCn1c(Cc2csc(NC(=O)c3cnn(-c4ccccc4)c3)n2)n[nH]c1=S. The van der Waals surface area contributed by atoms with Crippen molar-refractivity contribution in [3.05, 3.63) is 82.6 Å². The van der Waals surface area contributed by atoms with Gasteiger partial charge in [-0.3, -0.25) is 19.8 Å². The Morgan fingerprint density at radius 2 is 2.17 bits per heavy atom. The minimum atomic E-state index is -0.262. The van der Waals surface area contributed by atoms with Crippen LogP contribution in [0.1, 0.15) is 21.9 Å². The highest BCUT2D eigenvalue weighted by Crippen LogP contribution is 2.19. The summed E-state index contributed by atoms with van der Waals surface area (Å²) in [6.07, 6.45) is 5.48. The molecule has 3 heterocycles. The quantitative estimate of drug-likeness (QED) is 0.350. The number of H-pyrrole nitrogens is 1. The zero-order valence-corrected chi connectivity index (χ0v) is 16.9. The first-order valence-corrected chi connectivity index (χ1v) is 10.0. The summed E-state index contributed by atoms with van der Waals surface area (Å²) in [5, 5.41) is 16.5. The maximum absolute atomic E-state index is 12.5. The standard InChI is InChI=1S/C19H17N7OS2/c1-2-8-25-16(23-24-19(25)28)9-14-12-29-18(21-14)22-17(27)13-10-20-26(11-13)15-6-4-3-5-7-15/h2-7,10-12H,1,8-9H2,(H,24,28)(H,21,22,27). The number of nitrogens with one attached hydrogen (secondary N) is 2. The number of hydrogen-bond acceptors (Lipinski definition) is 6. The topological polar surface area (TPSA) is 93.4 Å². The zero-order valence-electron chi connectivity index (χ0n) is 15.3. The third kappa shape index (κ3) is 4.23. The van der Waals surface area contributed by atoms with Crippen LogP contribution in [0.5, 0.6) is 0 Å². The molecule has 2 N–H and O–H groups in total. The molecule has 4 rings (SSSR count). The fraction of sp³-hybridized carbons (Fsp3) is 0.105. The molecule has 0 unspecified atom stereocenters. The number of allylic oxidation sites excluding steroid dienone is 1. The molecule has 1 aromatic carbocycles. The van der Waals surface area contributed by atoms with Gasteiger partial charge in [-0.1, -0.05) is 24.3 Å². The summed E-state index contributed by atoms with van der Waals surface area (Å²) in [5.41, 5.74) is 2.14. The smallest absolute Gasteiger partial charge is 0.260 e. The van der Waals surface area contributed by atoms with Crippen molar-refractivity contribution in [2.45, 2.75) is 13.0 Å². The molecule has 1 amide bonds. The summed E-state index contributed by atoms with van der Waals surface area (Å²) in [6, 6.07) is 9.60. The molecule has 3 aromatic heterocycles. The van der Waals surface area contributed by atoms with Gasteiger partial charge in [-0.2, -0.15) is 10.2 Å². The van der Waals surface area contributed by atoms with E-state index in [-0.39, 0.29) is 5.91 Å². The van der Waals surface area contributed by atoms with Crippen LogP contribution in [0.15, 0.2) is 60.8 Å². The molecule has 0 radical (unpaired) electrons. The zero-order chi connectivity index (χ0) is 20.2. The first-order valence-electron chi connectivity index (χ1n) is 8.75. The van der Waals surface area contributed by atoms with E-state index >= 15 is 0 Å². The first kappa shape index (κ1) is 19.0. The van der Waals surface area contributed by atoms with Crippen molar-refractivity contribution in [1.82, 2.24) is 29.5 Å². The van der Waals surface area contributed by atoms with Gasteiger partial charge in [0.1, 0.15) is 5.82 Å². The van der Waals surface area contributed by atoms with Gasteiger partial charge in [0, 0.05) is 18.1 Å². The van der Waals surface area contributed by atoms with Crippen molar-refractivity contribution < 1.29 is 4.79 Å². The second kappa shape index (κ2) is 8.33. The Hall–Kier alpha value is -3.37. The van der Waals surface area contributed by atoms with Crippen LogP contribution in [-0.4, -0.2) is 35.4 Å². The highest BCUT2D eigenvalue weighted by atomic mass is 32.1. The molecule has 0 fully saturated rings. The first-order chi connectivity index (χ1) is 14.1. The fourth-order valence-corrected chi connectivity index (χ4v) is 3.67. The average molecular weight is 424 g/mol. The van der Waals surface area contributed by atoms with Crippen LogP contribution < -0.4 is 5.32 Å². The lowest BCUT2D eigenvalue weighted by Crippen LogP contribution is -2.11. The van der Waals surface area contributed by atoms with E-state index in [4.69, 9.17) is 12.2 Å². The number of aromatic nitrogens is 6. The number of hydrogen-bond donors (Lipinski definition) is 2. The summed E-state index contributed by atoms with van der Waals surface area (Å²) in [5.74, 6) is 0.504. The van der Waals surface area contributed by atoms with Gasteiger partial charge in [0.05, 0.1) is 29.6 Å². The van der Waals surface area contributed by atoms with E-state index in [9.17, 15) is 4.79 Å². The molecule has 10 heteroatoms. The summed E-state index contributed by atoms with van der Waals surface area (Å²) in [4.78, 5) is 17.0. The number of carbonyl (C=O) groups is 1. The Kier molecular flexibility index (Phi) is 5.45. The Bertz CT molecular complexity index is 1200. The normalized spacial score (nSPS) is 10.8. The van der Waals surface area contributed by atoms with Gasteiger partial charge in [0.25, 0.3) is 5.91 Å². The summed E-state index contributed by atoms with van der Waals surface area (Å²) >= 11 is 6.58. The molecular weight excluding hydrogens is 406 g/mol. The number of benzene rings is 1. The third-order valence-corrected chi connectivity index (χ3v) is 5.24. The van der Waals surface area contributed by atoms with E-state index < -0.39 is 0 Å². The number of rotatable bonds is 7. The largest absolute Gasteiger partial charge is 0.300 e. The number of para-hydroxylation sites is 1. The third-order valence-electron chi connectivity index (χ3n) is 4.13. The van der Waals surface area contributed by atoms with Crippen molar-refractivity contribution in [1.29, 1.82) is 0 Å². The molecule has 0 aliphatic rings. The molecule has 0 saturated carbocycles. The highest BCUT2D eigenvalue weighted by Gasteiger charge is 2.13. The molecular formula is C19H17N7OS2. The molecule has 0 bridgehead atoms. The van der Waals surface area contributed by atoms with Gasteiger partial charge in [0.2, 0.25) is 0 Å². The summed E-state index contributed by atoms with van der Waals surface area (Å²) in [7, 11) is 0. The fourth-order valence-electron chi connectivity index (χ4n) is 2.74. The van der Waals surface area contributed by atoms with Crippen molar-refractivity contribution >= 4 is 34.6 Å². The van der Waals surface area contributed by atoms with E-state index in [1.807, 2.05) is 40.3 Å². The highest BCUT2D eigenvalue weighted by molar-refractivity contribution is 7.71.